The van der Waals surface area contributed by atoms with Crippen LogP contribution in [0.1, 0.15) is 18.3 Å². The molecule has 0 spiro atoms. The molecule has 0 fully saturated rings. The number of alkyl halides is 3. The maximum absolute atomic E-state index is 12.5. The predicted octanol–water partition coefficient (Wildman–Crippen LogP) is 2.21. The Hall–Kier alpha value is -1.79. The molecule has 0 aliphatic rings. The number of carbonyl (C=O) groups is 1. The molecular weight excluding hydrogens is 251 g/mol. The van der Waals surface area contributed by atoms with Gasteiger partial charge in [0.2, 0.25) is 0 Å². The van der Waals surface area contributed by atoms with Gasteiger partial charge in [0.25, 0.3) is 0 Å². The zero-order chi connectivity index (χ0) is 13.8. The minimum atomic E-state index is -4.59. The number of nitrogens with zero attached hydrogens (tertiary/aromatic N) is 1. The molecule has 0 N–H and O–H groups in total. The second-order valence-electron chi connectivity index (χ2n) is 3.36. The molecule has 0 amide bonds. The summed E-state index contributed by atoms with van der Waals surface area (Å²) in [4.78, 5) is 14.6. The Morgan fingerprint density at radius 1 is 1.39 bits per heavy atom. The third-order valence-electron chi connectivity index (χ3n) is 2.01. The molecule has 1 rings (SSSR count). The molecule has 0 bridgehead atoms. The average molecular weight is 263 g/mol. The van der Waals surface area contributed by atoms with Crippen molar-refractivity contribution in [2.75, 3.05) is 13.7 Å². The highest BCUT2D eigenvalue weighted by Gasteiger charge is 2.33. The number of halogens is 3. The molecule has 7 heteroatoms. The van der Waals surface area contributed by atoms with E-state index in [-0.39, 0.29) is 24.5 Å². The molecule has 1 aromatic heterocycles. The second kappa shape index (κ2) is 5.70. The molecule has 18 heavy (non-hydrogen) atoms. The Morgan fingerprint density at radius 2 is 2.06 bits per heavy atom. The maximum Gasteiger partial charge on any atom is 0.433 e. The summed E-state index contributed by atoms with van der Waals surface area (Å²) >= 11 is 0. The number of carbonyl (C=O) groups excluding carboxylic acids is 1. The quantitative estimate of drug-likeness (QED) is 0.781. The van der Waals surface area contributed by atoms with Crippen LogP contribution in [0.25, 0.3) is 0 Å². The summed E-state index contributed by atoms with van der Waals surface area (Å²) in [5.41, 5.74) is -1.14. The molecule has 0 aromatic carbocycles. The van der Waals surface area contributed by atoms with Crippen molar-refractivity contribution >= 4 is 5.97 Å². The second-order valence-corrected chi connectivity index (χ2v) is 3.36. The molecule has 0 saturated carbocycles. The van der Waals surface area contributed by atoms with Crippen molar-refractivity contribution in [1.82, 2.24) is 4.98 Å². The van der Waals surface area contributed by atoms with Gasteiger partial charge >= 0.3 is 12.1 Å². The number of methoxy groups -OCH3 is 1. The van der Waals surface area contributed by atoms with E-state index in [0.29, 0.717) is 0 Å². The summed E-state index contributed by atoms with van der Waals surface area (Å²) in [7, 11) is 1.24. The number of aromatic nitrogens is 1. The first-order chi connectivity index (χ1) is 8.36. The van der Waals surface area contributed by atoms with Crippen molar-refractivity contribution < 1.29 is 27.4 Å². The normalized spacial score (nSPS) is 11.2. The van der Waals surface area contributed by atoms with Crippen LogP contribution < -0.4 is 4.74 Å². The molecule has 1 heterocycles. The monoisotopic (exact) mass is 263 g/mol. The van der Waals surface area contributed by atoms with E-state index in [1.807, 2.05) is 0 Å². The van der Waals surface area contributed by atoms with E-state index in [9.17, 15) is 18.0 Å². The Morgan fingerprint density at radius 3 is 2.56 bits per heavy atom. The van der Waals surface area contributed by atoms with Gasteiger partial charge in [-0.05, 0) is 6.92 Å². The van der Waals surface area contributed by atoms with Gasteiger partial charge in [0, 0.05) is 12.1 Å². The molecule has 100 valence electrons. The molecule has 4 nitrogen and oxygen atoms in total. The summed E-state index contributed by atoms with van der Waals surface area (Å²) in [6.45, 7) is 1.77. The van der Waals surface area contributed by atoms with Crippen LogP contribution in [0.4, 0.5) is 13.2 Å². The third-order valence-corrected chi connectivity index (χ3v) is 2.01. The zero-order valence-electron chi connectivity index (χ0n) is 9.87. The van der Waals surface area contributed by atoms with Crippen LogP contribution in [0.15, 0.2) is 12.1 Å². The fourth-order valence-corrected chi connectivity index (χ4v) is 1.27. The van der Waals surface area contributed by atoms with E-state index in [1.54, 1.807) is 6.92 Å². The molecule has 0 saturated heterocycles. The fourth-order valence-electron chi connectivity index (χ4n) is 1.27. The van der Waals surface area contributed by atoms with Crippen molar-refractivity contribution in [3.63, 3.8) is 0 Å². The van der Waals surface area contributed by atoms with Crippen LogP contribution in [-0.4, -0.2) is 24.7 Å². The van der Waals surface area contributed by atoms with Crippen molar-refractivity contribution in [2.45, 2.75) is 19.5 Å². The lowest BCUT2D eigenvalue weighted by molar-refractivity contribution is -0.144. The van der Waals surface area contributed by atoms with E-state index < -0.39 is 17.8 Å². The highest BCUT2D eigenvalue weighted by molar-refractivity contribution is 5.72. The molecule has 0 atom stereocenters. The number of ether oxygens (including phenoxy) is 2. The minimum absolute atomic E-state index is 0.00313. The zero-order valence-corrected chi connectivity index (χ0v) is 9.87. The third kappa shape index (κ3) is 3.90. The maximum atomic E-state index is 12.5. The van der Waals surface area contributed by atoms with E-state index >= 15 is 0 Å². The van der Waals surface area contributed by atoms with Crippen molar-refractivity contribution in [3.8, 4) is 5.75 Å². The molecule has 1 aromatic rings. The number of hydrogen-bond acceptors (Lipinski definition) is 4. The first kappa shape index (κ1) is 14.3. The van der Waals surface area contributed by atoms with Crippen LogP contribution in [0.2, 0.25) is 0 Å². The Bertz CT molecular complexity index is 432. The van der Waals surface area contributed by atoms with Crippen molar-refractivity contribution in [1.29, 1.82) is 0 Å². The fraction of sp³-hybridized carbons (Fsp3) is 0.455. The summed E-state index contributed by atoms with van der Waals surface area (Å²) in [5, 5.41) is 0. The number of pyridine rings is 1. The van der Waals surface area contributed by atoms with Gasteiger partial charge in [-0.3, -0.25) is 4.79 Å². The van der Waals surface area contributed by atoms with Crippen LogP contribution >= 0.6 is 0 Å². The Balaban J connectivity index is 3.01. The van der Waals surface area contributed by atoms with Crippen molar-refractivity contribution in [2.24, 2.45) is 0 Å². The van der Waals surface area contributed by atoms with Crippen LogP contribution in [0.5, 0.6) is 5.75 Å². The standard InChI is InChI=1S/C11H12F3NO3/c1-3-18-10(16)5-7-4-8(17-2)6-9(15-7)11(12,13)14/h4,6H,3,5H2,1-2H3. The van der Waals surface area contributed by atoms with Crippen LogP contribution in [-0.2, 0) is 22.1 Å². The lowest BCUT2D eigenvalue weighted by Crippen LogP contribution is -2.13. The summed E-state index contributed by atoms with van der Waals surface area (Å²) < 4.78 is 47.0. The van der Waals surface area contributed by atoms with E-state index in [0.717, 1.165) is 6.07 Å². The van der Waals surface area contributed by atoms with E-state index in [2.05, 4.69) is 9.72 Å². The van der Waals surface area contributed by atoms with Gasteiger partial charge in [-0.25, -0.2) is 4.98 Å². The predicted molar refractivity (Wildman–Crippen MR) is 56.1 cm³/mol. The van der Waals surface area contributed by atoms with Gasteiger partial charge in [0.05, 0.1) is 25.8 Å². The Kier molecular flexibility index (Phi) is 4.52. The summed E-state index contributed by atoms with van der Waals surface area (Å²) in [5.74, 6) is -0.636. The molecule has 0 aliphatic carbocycles. The largest absolute Gasteiger partial charge is 0.497 e. The van der Waals surface area contributed by atoms with Gasteiger partial charge < -0.3 is 9.47 Å². The van der Waals surface area contributed by atoms with Crippen LogP contribution in [0, 0.1) is 0 Å². The molecule has 0 unspecified atom stereocenters. The molecular formula is C11H12F3NO3. The van der Waals surface area contributed by atoms with Crippen molar-refractivity contribution in [3.05, 3.63) is 23.5 Å². The van der Waals surface area contributed by atoms with Gasteiger partial charge in [-0.2, -0.15) is 13.2 Å². The smallest absolute Gasteiger partial charge is 0.433 e. The average Bonchev–Trinajstić information content (AvgIpc) is 2.27. The van der Waals surface area contributed by atoms with E-state index in [4.69, 9.17) is 4.74 Å². The first-order valence-electron chi connectivity index (χ1n) is 5.14. The minimum Gasteiger partial charge on any atom is -0.497 e. The van der Waals surface area contributed by atoms with E-state index in [1.165, 1.54) is 13.2 Å². The number of hydrogen-bond donors (Lipinski definition) is 0. The van der Waals surface area contributed by atoms with Gasteiger partial charge in [0.15, 0.2) is 0 Å². The lowest BCUT2D eigenvalue weighted by Gasteiger charge is -2.10. The number of rotatable bonds is 4. The highest BCUT2D eigenvalue weighted by atomic mass is 19.4. The molecule has 0 aliphatic heterocycles. The lowest BCUT2D eigenvalue weighted by atomic mass is 10.2. The highest BCUT2D eigenvalue weighted by Crippen LogP contribution is 2.30. The molecule has 0 radical (unpaired) electrons. The van der Waals surface area contributed by atoms with Gasteiger partial charge in [-0.1, -0.05) is 0 Å². The van der Waals surface area contributed by atoms with Gasteiger partial charge in [-0.15, -0.1) is 0 Å². The first-order valence-corrected chi connectivity index (χ1v) is 5.14. The Labute approximate surface area is 102 Å². The SMILES string of the molecule is CCOC(=O)Cc1cc(OC)cc(C(F)(F)F)n1. The summed E-state index contributed by atoms with van der Waals surface area (Å²) in [6, 6.07) is 2.04. The topological polar surface area (TPSA) is 48.4 Å². The summed E-state index contributed by atoms with van der Waals surface area (Å²) in [6.07, 6.45) is -4.91. The van der Waals surface area contributed by atoms with Gasteiger partial charge in [0.1, 0.15) is 11.4 Å². The number of esters is 1. The van der Waals surface area contributed by atoms with Crippen LogP contribution in [0.3, 0.4) is 0 Å².